The van der Waals surface area contributed by atoms with E-state index >= 15 is 0 Å². The van der Waals surface area contributed by atoms with Crippen molar-refractivity contribution in [2.45, 2.75) is 50.0 Å². The second-order valence-electron chi connectivity index (χ2n) is 9.13. The molecule has 35 heavy (non-hydrogen) atoms. The van der Waals surface area contributed by atoms with E-state index in [9.17, 15) is 22.8 Å². The van der Waals surface area contributed by atoms with E-state index in [1.807, 2.05) is 24.3 Å². The molecule has 3 N–H and O–H groups in total. The molecule has 4 aromatic rings. The van der Waals surface area contributed by atoms with Crippen molar-refractivity contribution in [3.63, 3.8) is 0 Å². The lowest BCUT2D eigenvalue weighted by Gasteiger charge is -2.39. The minimum absolute atomic E-state index is 0.0181. The monoisotopic (exact) mass is 482 g/mol. The van der Waals surface area contributed by atoms with Crippen molar-refractivity contribution in [1.82, 2.24) is 30.2 Å². The zero-order valence-electron chi connectivity index (χ0n) is 18.4. The SMILES string of the molecule is O=C(NC1CC2CCC(C1)N2C(=O)c1cccc2[nH]c(C(F)(F)F)nc12)c1nc2ccccc2[nH]1. The van der Waals surface area contributed by atoms with E-state index in [4.69, 9.17) is 0 Å². The Morgan fingerprint density at radius 1 is 0.943 bits per heavy atom. The van der Waals surface area contributed by atoms with Gasteiger partial charge in [-0.1, -0.05) is 18.2 Å². The Hall–Kier alpha value is -3.89. The van der Waals surface area contributed by atoms with E-state index < -0.39 is 12.0 Å². The molecule has 8 nitrogen and oxygen atoms in total. The number of imidazole rings is 2. The van der Waals surface area contributed by atoms with Crippen LogP contribution in [0.2, 0.25) is 0 Å². The lowest BCUT2D eigenvalue weighted by Crippen LogP contribution is -2.52. The summed E-state index contributed by atoms with van der Waals surface area (Å²) >= 11 is 0. The molecule has 0 aliphatic carbocycles. The molecular weight excluding hydrogens is 461 g/mol. The molecule has 4 heterocycles. The summed E-state index contributed by atoms with van der Waals surface area (Å²) in [4.78, 5) is 41.3. The fourth-order valence-corrected chi connectivity index (χ4v) is 5.42. The van der Waals surface area contributed by atoms with E-state index in [2.05, 4.69) is 25.3 Å². The predicted octanol–water partition coefficient (Wildman–Crippen LogP) is 4.02. The van der Waals surface area contributed by atoms with E-state index in [1.54, 1.807) is 11.0 Å². The summed E-state index contributed by atoms with van der Waals surface area (Å²) in [6.45, 7) is 0. The average Bonchev–Trinajstić information content (AvgIpc) is 3.52. The van der Waals surface area contributed by atoms with Gasteiger partial charge >= 0.3 is 6.18 Å². The second kappa shape index (κ2) is 7.82. The van der Waals surface area contributed by atoms with Crippen molar-refractivity contribution in [2.75, 3.05) is 0 Å². The minimum Gasteiger partial charge on any atom is -0.346 e. The summed E-state index contributed by atoms with van der Waals surface area (Å²) in [6, 6.07) is 11.6. The summed E-state index contributed by atoms with van der Waals surface area (Å²) < 4.78 is 39.4. The summed E-state index contributed by atoms with van der Waals surface area (Å²) in [7, 11) is 0. The standard InChI is InChI=1S/C24H21F3N6O2/c25-24(26,27)23-31-18-7-3-4-15(19(18)32-23)22(35)33-13-8-9-14(33)11-12(10-13)28-21(34)20-29-16-5-1-2-6-17(16)30-20/h1-7,12-14H,8-11H2,(H,28,34)(H,29,30)(H,31,32). The summed E-state index contributed by atoms with van der Waals surface area (Å²) in [5.74, 6) is -1.51. The van der Waals surface area contributed by atoms with Crippen LogP contribution >= 0.6 is 0 Å². The number of rotatable bonds is 3. The maximum atomic E-state index is 13.5. The minimum atomic E-state index is -4.63. The first-order valence-electron chi connectivity index (χ1n) is 11.4. The normalized spacial score (nSPS) is 22.1. The zero-order chi connectivity index (χ0) is 24.3. The van der Waals surface area contributed by atoms with Gasteiger partial charge in [0.25, 0.3) is 11.8 Å². The molecule has 0 radical (unpaired) electrons. The molecule has 2 aliphatic heterocycles. The van der Waals surface area contributed by atoms with Crippen LogP contribution in [0.1, 0.15) is 52.5 Å². The molecule has 2 unspecified atom stereocenters. The Balaban J connectivity index is 1.20. The van der Waals surface area contributed by atoms with Crippen LogP contribution in [0.5, 0.6) is 0 Å². The van der Waals surface area contributed by atoms with Crippen LogP contribution in [0.4, 0.5) is 13.2 Å². The number of H-pyrrole nitrogens is 2. The Kier molecular flexibility index (Phi) is 4.83. The Labute approximate surface area is 196 Å². The second-order valence-corrected chi connectivity index (χ2v) is 9.13. The lowest BCUT2D eigenvalue weighted by molar-refractivity contribution is -0.144. The van der Waals surface area contributed by atoms with Crippen molar-refractivity contribution in [2.24, 2.45) is 0 Å². The number of carbonyl (C=O) groups is 2. The molecule has 6 rings (SSSR count). The zero-order valence-corrected chi connectivity index (χ0v) is 18.4. The van der Waals surface area contributed by atoms with E-state index in [-0.39, 0.29) is 52.4 Å². The molecule has 11 heteroatoms. The van der Waals surface area contributed by atoms with Crippen molar-refractivity contribution in [3.05, 3.63) is 59.7 Å². The number of halogens is 3. The van der Waals surface area contributed by atoms with Gasteiger partial charge in [0.05, 0.1) is 22.1 Å². The number of aromatic amines is 2. The largest absolute Gasteiger partial charge is 0.449 e. The maximum Gasteiger partial charge on any atom is 0.449 e. The third kappa shape index (κ3) is 3.71. The number of fused-ring (bicyclic) bond motifs is 4. The number of hydrogen-bond donors (Lipinski definition) is 3. The molecule has 2 bridgehead atoms. The number of aromatic nitrogens is 4. The summed E-state index contributed by atoms with van der Waals surface area (Å²) in [5, 5.41) is 3.03. The topological polar surface area (TPSA) is 107 Å². The van der Waals surface area contributed by atoms with Gasteiger partial charge in [-0.25, -0.2) is 9.97 Å². The predicted molar refractivity (Wildman–Crippen MR) is 121 cm³/mol. The van der Waals surface area contributed by atoms with Crippen LogP contribution in [0.15, 0.2) is 42.5 Å². The molecule has 2 aliphatic rings. The smallest absolute Gasteiger partial charge is 0.346 e. The fourth-order valence-electron chi connectivity index (χ4n) is 5.42. The van der Waals surface area contributed by atoms with Gasteiger partial charge in [0.15, 0.2) is 5.82 Å². The highest BCUT2D eigenvalue weighted by molar-refractivity contribution is 6.05. The first kappa shape index (κ1) is 21.6. The molecule has 2 amide bonds. The first-order chi connectivity index (χ1) is 16.8. The average molecular weight is 482 g/mol. The fraction of sp³-hybridized carbons (Fsp3) is 0.333. The van der Waals surface area contributed by atoms with Crippen molar-refractivity contribution in [3.8, 4) is 0 Å². The van der Waals surface area contributed by atoms with Gasteiger partial charge in [0, 0.05) is 18.1 Å². The number of para-hydroxylation sites is 3. The number of alkyl halides is 3. The van der Waals surface area contributed by atoms with Crippen LogP contribution in [-0.4, -0.2) is 54.8 Å². The highest BCUT2D eigenvalue weighted by Gasteiger charge is 2.44. The number of piperidine rings is 1. The summed E-state index contributed by atoms with van der Waals surface area (Å²) in [6.07, 6.45) is -1.94. The van der Waals surface area contributed by atoms with Gasteiger partial charge in [-0.3, -0.25) is 9.59 Å². The quantitative estimate of drug-likeness (QED) is 0.410. The Morgan fingerprint density at radius 2 is 1.66 bits per heavy atom. The maximum absolute atomic E-state index is 13.5. The molecule has 0 saturated carbocycles. The number of nitrogens with zero attached hydrogens (tertiary/aromatic N) is 3. The van der Waals surface area contributed by atoms with Gasteiger partial charge in [-0.2, -0.15) is 13.2 Å². The number of hydrogen-bond acceptors (Lipinski definition) is 4. The molecule has 0 spiro atoms. The van der Waals surface area contributed by atoms with Crippen LogP contribution in [0.3, 0.4) is 0 Å². The van der Waals surface area contributed by atoms with Gasteiger partial charge in [0.1, 0.15) is 5.52 Å². The molecule has 180 valence electrons. The lowest BCUT2D eigenvalue weighted by atomic mass is 9.96. The van der Waals surface area contributed by atoms with Crippen LogP contribution < -0.4 is 5.32 Å². The van der Waals surface area contributed by atoms with Crippen molar-refractivity contribution in [1.29, 1.82) is 0 Å². The summed E-state index contributed by atoms with van der Waals surface area (Å²) in [5.41, 5.74) is 1.82. The van der Waals surface area contributed by atoms with Gasteiger partial charge in [-0.05, 0) is 49.9 Å². The highest BCUT2D eigenvalue weighted by atomic mass is 19.4. The van der Waals surface area contributed by atoms with E-state index in [1.165, 1.54) is 12.1 Å². The van der Waals surface area contributed by atoms with Crippen LogP contribution in [0.25, 0.3) is 22.1 Å². The number of carbonyl (C=O) groups excluding carboxylic acids is 2. The molecule has 2 aromatic carbocycles. The highest BCUT2D eigenvalue weighted by Crippen LogP contribution is 2.38. The van der Waals surface area contributed by atoms with Crippen molar-refractivity contribution < 1.29 is 22.8 Å². The Morgan fingerprint density at radius 3 is 2.37 bits per heavy atom. The first-order valence-corrected chi connectivity index (χ1v) is 11.4. The molecule has 2 saturated heterocycles. The third-order valence-electron chi connectivity index (χ3n) is 6.92. The molecular formula is C24H21F3N6O2. The number of amides is 2. The molecule has 2 fully saturated rings. The van der Waals surface area contributed by atoms with Gasteiger partial charge in [0.2, 0.25) is 5.82 Å². The number of benzene rings is 2. The van der Waals surface area contributed by atoms with E-state index in [0.717, 1.165) is 18.4 Å². The Bertz CT molecular complexity index is 1410. The van der Waals surface area contributed by atoms with Crippen LogP contribution in [0, 0.1) is 0 Å². The van der Waals surface area contributed by atoms with Gasteiger partial charge < -0.3 is 20.2 Å². The number of nitrogens with one attached hydrogen (secondary N) is 3. The van der Waals surface area contributed by atoms with E-state index in [0.29, 0.717) is 18.4 Å². The third-order valence-corrected chi connectivity index (χ3v) is 6.92. The molecule has 2 atom stereocenters. The molecule has 2 aromatic heterocycles. The van der Waals surface area contributed by atoms with Crippen molar-refractivity contribution >= 4 is 33.9 Å². The van der Waals surface area contributed by atoms with Gasteiger partial charge in [-0.15, -0.1) is 0 Å². The van der Waals surface area contributed by atoms with Crippen LogP contribution in [-0.2, 0) is 6.18 Å².